The maximum absolute atomic E-state index is 13.6. The second-order valence-corrected chi connectivity index (χ2v) is 4.98. The number of amidine groups is 1. The number of nitrogens with one attached hydrogen (secondary N) is 1. The molecule has 0 bridgehead atoms. The van der Waals surface area contributed by atoms with Crippen molar-refractivity contribution >= 4 is 11.5 Å². The van der Waals surface area contributed by atoms with Gasteiger partial charge in [-0.25, -0.2) is 4.39 Å². The second-order valence-electron chi connectivity index (χ2n) is 4.98. The first-order valence-corrected chi connectivity index (χ1v) is 5.58. The van der Waals surface area contributed by atoms with Gasteiger partial charge in [-0.15, -0.1) is 0 Å². The Morgan fingerprint density at radius 1 is 1.38 bits per heavy atom. The minimum Gasteiger partial charge on any atom is -0.342 e. The van der Waals surface area contributed by atoms with Crippen LogP contribution in [0.15, 0.2) is 23.2 Å². The highest BCUT2D eigenvalue weighted by molar-refractivity contribution is 5.97. The van der Waals surface area contributed by atoms with E-state index in [1.54, 1.807) is 6.07 Å². The fourth-order valence-electron chi connectivity index (χ4n) is 1.87. The fourth-order valence-corrected chi connectivity index (χ4v) is 1.87. The van der Waals surface area contributed by atoms with Crippen LogP contribution in [0.4, 0.5) is 10.1 Å². The monoisotopic (exact) mass is 220 g/mol. The number of halogens is 1. The number of aryl methyl sites for hydroxylation is 1. The molecule has 2 nitrogen and oxygen atoms in total. The van der Waals surface area contributed by atoms with Crippen LogP contribution >= 0.6 is 0 Å². The molecule has 0 amide bonds. The van der Waals surface area contributed by atoms with Gasteiger partial charge in [0.1, 0.15) is 11.7 Å². The molecular weight excluding hydrogens is 203 g/mol. The summed E-state index contributed by atoms with van der Waals surface area (Å²) in [6.07, 6.45) is 1.91. The molecule has 0 spiro atoms. The average molecular weight is 220 g/mol. The molecule has 1 N–H and O–H groups in total. The van der Waals surface area contributed by atoms with Gasteiger partial charge in [0.2, 0.25) is 0 Å². The number of hydrogen-bond acceptors (Lipinski definition) is 2. The first kappa shape index (κ1) is 11.1. The van der Waals surface area contributed by atoms with Gasteiger partial charge >= 0.3 is 0 Å². The van der Waals surface area contributed by atoms with Crippen LogP contribution in [0.3, 0.4) is 0 Å². The molecule has 16 heavy (non-hydrogen) atoms. The number of benzene rings is 1. The summed E-state index contributed by atoms with van der Waals surface area (Å²) in [5, 5.41) is 3.07. The van der Waals surface area contributed by atoms with E-state index in [-0.39, 0.29) is 11.4 Å². The van der Waals surface area contributed by atoms with Crippen LogP contribution in [0.1, 0.15) is 32.3 Å². The Bertz CT molecular complexity index is 436. The van der Waals surface area contributed by atoms with Crippen LogP contribution in [-0.4, -0.2) is 11.4 Å². The lowest BCUT2D eigenvalue weighted by atomic mass is 10.0. The largest absolute Gasteiger partial charge is 0.342 e. The molecule has 0 saturated carbocycles. The number of hydrogen-bond donors (Lipinski definition) is 1. The molecular formula is C13H17FN2. The molecule has 1 aliphatic rings. The smallest absolute Gasteiger partial charge is 0.146 e. The summed E-state index contributed by atoms with van der Waals surface area (Å²) in [4.78, 5) is 4.52. The summed E-state index contributed by atoms with van der Waals surface area (Å²) < 4.78 is 13.6. The van der Waals surface area contributed by atoms with Gasteiger partial charge in [-0.1, -0.05) is 6.07 Å². The molecule has 1 heterocycles. The summed E-state index contributed by atoms with van der Waals surface area (Å²) in [6.45, 7) is 6.06. The van der Waals surface area contributed by atoms with E-state index in [0.717, 1.165) is 24.2 Å². The molecule has 3 heteroatoms. The zero-order chi connectivity index (χ0) is 11.8. The molecule has 1 aromatic rings. The van der Waals surface area contributed by atoms with E-state index in [0.29, 0.717) is 5.69 Å². The van der Waals surface area contributed by atoms with E-state index < -0.39 is 0 Å². The number of rotatable bonds is 1. The van der Waals surface area contributed by atoms with E-state index in [4.69, 9.17) is 0 Å². The van der Waals surface area contributed by atoms with E-state index in [2.05, 4.69) is 24.2 Å². The van der Waals surface area contributed by atoms with Crippen molar-refractivity contribution in [2.24, 2.45) is 4.99 Å². The van der Waals surface area contributed by atoms with Crippen molar-refractivity contribution in [1.82, 2.24) is 0 Å². The van der Waals surface area contributed by atoms with Gasteiger partial charge in [-0.3, -0.25) is 4.99 Å². The topological polar surface area (TPSA) is 24.4 Å². The predicted octanol–water partition coefficient (Wildman–Crippen LogP) is 3.52. The Morgan fingerprint density at radius 3 is 2.69 bits per heavy atom. The average Bonchev–Trinajstić information content (AvgIpc) is 2.51. The van der Waals surface area contributed by atoms with Crippen molar-refractivity contribution in [3.05, 3.63) is 29.6 Å². The standard InChI is InChI=1S/C13H17FN2/c1-9-4-5-11(10(14)8-9)15-12-6-7-13(2,3)16-12/h4-5,8H,6-7H2,1-3H3,(H,15,16). The maximum atomic E-state index is 13.6. The van der Waals surface area contributed by atoms with Crippen LogP contribution in [-0.2, 0) is 0 Å². The van der Waals surface area contributed by atoms with E-state index >= 15 is 0 Å². The van der Waals surface area contributed by atoms with Gasteiger partial charge in [-0.05, 0) is 44.9 Å². The zero-order valence-electron chi connectivity index (χ0n) is 9.97. The van der Waals surface area contributed by atoms with Crippen molar-refractivity contribution in [3.8, 4) is 0 Å². The highest BCUT2D eigenvalue weighted by atomic mass is 19.1. The van der Waals surface area contributed by atoms with E-state index in [1.165, 1.54) is 6.07 Å². The van der Waals surface area contributed by atoms with Crippen molar-refractivity contribution in [3.63, 3.8) is 0 Å². The third kappa shape index (κ3) is 2.40. The number of nitrogens with zero attached hydrogens (tertiary/aromatic N) is 1. The molecule has 86 valence electrons. The molecule has 2 rings (SSSR count). The molecule has 0 radical (unpaired) electrons. The van der Waals surface area contributed by atoms with Gasteiger partial charge in [0, 0.05) is 6.42 Å². The summed E-state index contributed by atoms with van der Waals surface area (Å²) in [5.74, 6) is 0.667. The fraction of sp³-hybridized carbons (Fsp3) is 0.462. The van der Waals surface area contributed by atoms with Crippen molar-refractivity contribution in [2.45, 2.75) is 39.2 Å². The molecule has 1 aromatic carbocycles. The molecule has 0 fully saturated rings. The third-order valence-electron chi connectivity index (χ3n) is 2.81. The van der Waals surface area contributed by atoms with Gasteiger partial charge < -0.3 is 5.32 Å². The van der Waals surface area contributed by atoms with Crippen molar-refractivity contribution < 1.29 is 4.39 Å². The second kappa shape index (κ2) is 3.89. The summed E-state index contributed by atoms with van der Waals surface area (Å²) in [6, 6.07) is 5.19. The maximum Gasteiger partial charge on any atom is 0.146 e. The molecule has 0 saturated heterocycles. The molecule has 0 unspecified atom stereocenters. The lowest BCUT2D eigenvalue weighted by Gasteiger charge is -2.11. The highest BCUT2D eigenvalue weighted by Crippen LogP contribution is 2.26. The molecule has 1 aliphatic heterocycles. The summed E-state index contributed by atoms with van der Waals surface area (Å²) >= 11 is 0. The highest BCUT2D eigenvalue weighted by Gasteiger charge is 2.24. The number of aliphatic imine (C=N–C) groups is 1. The molecule has 0 atom stereocenters. The molecule has 0 aromatic heterocycles. The van der Waals surface area contributed by atoms with Crippen LogP contribution in [0.2, 0.25) is 0 Å². The normalized spacial score (nSPS) is 18.4. The van der Waals surface area contributed by atoms with E-state index in [9.17, 15) is 4.39 Å². The van der Waals surface area contributed by atoms with E-state index in [1.807, 2.05) is 13.0 Å². The summed E-state index contributed by atoms with van der Waals surface area (Å²) in [5.41, 5.74) is 1.43. The molecule has 0 aliphatic carbocycles. The predicted molar refractivity (Wildman–Crippen MR) is 65.5 cm³/mol. The Morgan fingerprint density at radius 2 is 2.12 bits per heavy atom. The van der Waals surface area contributed by atoms with Gasteiger partial charge in [0.25, 0.3) is 0 Å². The van der Waals surface area contributed by atoms with Gasteiger partial charge in [0.15, 0.2) is 0 Å². The Balaban J connectivity index is 2.16. The van der Waals surface area contributed by atoms with Gasteiger partial charge in [0.05, 0.1) is 11.2 Å². The number of anilines is 1. The quantitative estimate of drug-likeness (QED) is 0.769. The minimum absolute atomic E-state index is 0.0104. The zero-order valence-corrected chi connectivity index (χ0v) is 9.97. The van der Waals surface area contributed by atoms with Crippen LogP contribution in [0.25, 0.3) is 0 Å². The van der Waals surface area contributed by atoms with Crippen molar-refractivity contribution in [1.29, 1.82) is 0 Å². The SMILES string of the molecule is Cc1ccc(NC2=NC(C)(C)CC2)c(F)c1. The Kier molecular flexibility index (Phi) is 2.70. The third-order valence-corrected chi connectivity index (χ3v) is 2.81. The Hall–Kier alpha value is -1.38. The first-order chi connectivity index (χ1) is 7.46. The Labute approximate surface area is 95.6 Å². The first-order valence-electron chi connectivity index (χ1n) is 5.58. The summed E-state index contributed by atoms with van der Waals surface area (Å²) in [7, 11) is 0. The van der Waals surface area contributed by atoms with Crippen LogP contribution in [0, 0.1) is 12.7 Å². The lowest BCUT2D eigenvalue weighted by Crippen LogP contribution is -2.12. The van der Waals surface area contributed by atoms with Crippen LogP contribution in [0.5, 0.6) is 0 Å². The van der Waals surface area contributed by atoms with Crippen LogP contribution < -0.4 is 5.32 Å². The van der Waals surface area contributed by atoms with Gasteiger partial charge in [-0.2, -0.15) is 0 Å². The minimum atomic E-state index is -0.215. The van der Waals surface area contributed by atoms with Crippen molar-refractivity contribution in [2.75, 3.05) is 5.32 Å². The lowest BCUT2D eigenvalue weighted by molar-refractivity contribution is 0.522.